The van der Waals surface area contributed by atoms with Crippen molar-refractivity contribution in [3.05, 3.63) is 82.1 Å². The summed E-state index contributed by atoms with van der Waals surface area (Å²) in [4.78, 5) is 0. The Morgan fingerprint density at radius 3 is 2.67 bits per heavy atom. The Morgan fingerprint density at radius 1 is 1.14 bits per heavy atom. The minimum absolute atomic E-state index is 0.208. The Kier molecular flexibility index (Phi) is 4.13. The van der Waals surface area contributed by atoms with Gasteiger partial charge in [-0.25, -0.2) is 4.68 Å². The third kappa shape index (κ3) is 3.04. The zero-order valence-corrected chi connectivity index (χ0v) is 13.8. The molecule has 1 unspecified atom stereocenters. The number of nitrogens with zero attached hydrogens (tertiary/aromatic N) is 2. The smallest absolute Gasteiger partial charge is 0.0868 e. The fourth-order valence-electron chi connectivity index (χ4n) is 2.25. The number of aryl methyl sites for hydroxylation is 1. The van der Waals surface area contributed by atoms with E-state index in [1.54, 1.807) is 0 Å². The number of halogens is 2. The number of para-hydroxylation sites is 1. The highest BCUT2D eigenvalue weighted by atomic mass is 79.9. The molecule has 4 heteroatoms. The molecule has 3 rings (SSSR count). The van der Waals surface area contributed by atoms with Crippen LogP contribution in [0.15, 0.2) is 65.4 Å². The van der Waals surface area contributed by atoms with E-state index < -0.39 is 0 Å². The quantitative estimate of drug-likeness (QED) is 0.581. The van der Waals surface area contributed by atoms with E-state index in [1.807, 2.05) is 53.5 Å². The molecule has 0 saturated heterocycles. The number of aromatic nitrogens is 2. The zero-order valence-electron chi connectivity index (χ0n) is 11.5. The molecular weight excluding hydrogens is 348 g/mol. The molecule has 1 heterocycles. The highest BCUT2D eigenvalue weighted by Gasteiger charge is 2.16. The number of benzene rings is 2. The first-order chi connectivity index (χ1) is 10.1. The minimum Gasteiger partial charge on any atom is -0.241 e. The number of alkyl halides is 1. The second-order valence-corrected chi connectivity index (χ2v) is 6.27. The van der Waals surface area contributed by atoms with E-state index in [1.165, 1.54) is 5.56 Å². The first kappa shape index (κ1) is 14.4. The molecule has 0 bridgehead atoms. The van der Waals surface area contributed by atoms with Crippen LogP contribution in [-0.2, 0) is 0 Å². The van der Waals surface area contributed by atoms with Gasteiger partial charge in [0.15, 0.2) is 0 Å². The molecule has 3 aromatic rings. The van der Waals surface area contributed by atoms with Crippen LogP contribution in [0.3, 0.4) is 0 Å². The normalized spacial score (nSPS) is 12.3. The molecule has 0 aliphatic rings. The topological polar surface area (TPSA) is 17.8 Å². The van der Waals surface area contributed by atoms with Gasteiger partial charge < -0.3 is 0 Å². The molecule has 0 amide bonds. The average Bonchev–Trinajstić information content (AvgIpc) is 3.00. The van der Waals surface area contributed by atoms with Gasteiger partial charge in [-0.1, -0.05) is 40.2 Å². The van der Waals surface area contributed by atoms with Crippen molar-refractivity contribution in [2.75, 3.05) is 0 Å². The number of hydrogen-bond donors (Lipinski definition) is 0. The maximum Gasteiger partial charge on any atom is 0.0868 e. The zero-order chi connectivity index (χ0) is 14.8. The van der Waals surface area contributed by atoms with Crippen LogP contribution in [0.25, 0.3) is 5.69 Å². The van der Waals surface area contributed by atoms with Gasteiger partial charge in [0.2, 0.25) is 0 Å². The van der Waals surface area contributed by atoms with Gasteiger partial charge in [0, 0.05) is 16.2 Å². The molecule has 0 fully saturated rings. The van der Waals surface area contributed by atoms with Gasteiger partial charge in [0.05, 0.1) is 17.3 Å². The number of hydrogen-bond acceptors (Lipinski definition) is 1. The van der Waals surface area contributed by atoms with Crippen molar-refractivity contribution in [1.82, 2.24) is 9.78 Å². The Morgan fingerprint density at radius 2 is 1.90 bits per heavy atom. The summed E-state index contributed by atoms with van der Waals surface area (Å²) in [7, 11) is 0. The Labute approximate surface area is 137 Å². The molecule has 1 aromatic heterocycles. The molecule has 0 N–H and O–H groups in total. The van der Waals surface area contributed by atoms with E-state index in [4.69, 9.17) is 11.6 Å². The van der Waals surface area contributed by atoms with Crippen LogP contribution in [-0.4, -0.2) is 9.78 Å². The summed E-state index contributed by atoms with van der Waals surface area (Å²) in [5, 5.41) is 4.20. The highest BCUT2D eigenvalue weighted by Crippen LogP contribution is 2.32. The van der Waals surface area contributed by atoms with Crippen molar-refractivity contribution in [2.24, 2.45) is 0 Å². The average molecular weight is 362 g/mol. The summed E-state index contributed by atoms with van der Waals surface area (Å²) in [6, 6.07) is 16.2. The second kappa shape index (κ2) is 6.04. The van der Waals surface area contributed by atoms with E-state index in [0.29, 0.717) is 0 Å². The minimum atomic E-state index is -0.208. The third-order valence-electron chi connectivity index (χ3n) is 3.43. The van der Waals surface area contributed by atoms with Crippen molar-refractivity contribution in [3.63, 3.8) is 0 Å². The summed E-state index contributed by atoms with van der Waals surface area (Å²) in [5.74, 6) is 0. The molecule has 0 saturated carbocycles. The van der Waals surface area contributed by atoms with Gasteiger partial charge >= 0.3 is 0 Å². The molecule has 0 spiro atoms. The maximum absolute atomic E-state index is 6.64. The van der Waals surface area contributed by atoms with Crippen LogP contribution in [0, 0.1) is 6.92 Å². The summed E-state index contributed by atoms with van der Waals surface area (Å²) in [6.07, 6.45) is 3.80. The Balaban J connectivity index is 1.94. The fourth-order valence-corrected chi connectivity index (χ4v) is 2.98. The van der Waals surface area contributed by atoms with Crippen molar-refractivity contribution < 1.29 is 0 Å². The third-order valence-corrected chi connectivity index (χ3v) is 4.41. The predicted molar refractivity (Wildman–Crippen MR) is 90.1 cm³/mol. The van der Waals surface area contributed by atoms with Crippen molar-refractivity contribution in [2.45, 2.75) is 12.3 Å². The van der Waals surface area contributed by atoms with Crippen LogP contribution >= 0.6 is 27.5 Å². The predicted octanol–water partition coefficient (Wildman–Crippen LogP) is 5.27. The molecule has 1 atom stereocenters. The fraction of sp³-hybridized carbons (Fsp3) is 0.118. The molecule has 0 aliphatic heterocycles. The Hall–Kier alpha value is -1.58. The van der Waals surface area contributed by atoms with E-state index in [2.05, 4.69) is 40.1 Å². The standard InChI is InChI=1S/C17H14BrClN2/c1-12-7-8-14(18)9-16(12)17(19)13-10-20-21(11-13)15-5-3-2-4-6-15/h2-11,17H,1H3. The van der Waals surface area contributed by atoms with Crippen molar-refractivity contribution in [1.29, 1.82) is 0 Å². The van der Waals surface area contributed by atoms with Gasteiger partial charge in [-0.2, -0.15) is 5.10 Å². The molecular formula is C17H14BrClN2. The molecule has 106 valence electrons. The maximum atomic E-state index is 6.64. The summed E-state index contributed by atoms with van der Waals surface area (Å²) >= 11 is 10.1. The lowest BCUT2D eigenvalue weighted by Crippen LogP contribution is -1.96. The van der Waals surface area contributed by atoms with E-state index in [9.17, 15) is 0 Å². The van der Waals surface area contributed by atoms with Crippen LogP contribution in [0.4, 0.5) is 0 Å². The summed E-state index contributed by atoms with van der Waals surface area (Å²) < 4.78 is 2.88. The second-order valence-electron chi connectivity index (χ2n) is 4.92. The monoisotopic (exact) mass is 360 g/mol. The van der Waals surface area contributed by atoms with Gasteiger partial charge in [-0.05, 0) is 42.3 Å². The molecule has 0 aliphatic carbocycles. The molecule has 2 nitrogen and oxygen atoms in total. The highest BCUT2D eigenvalue weighted by molar-refractivity contribution is 9.10. The van der Waals surface area contributed by atoms with Gasteiger partial charge in [0.1, 0.15) is 0 Å². The first-order valence-electron chi connectivity index (χ1n) is 6.65. The number of rotatable bonds is 3. The lowest BCUT2D eigenvalue weighted by atomic mass is 10.0. The summed E-state index contributed by atoms with van der Waals surface area (Å²) in [6.45, 7) is 2.07. The molecule has 2 aromatic carbocycles. The van der Waals surface area contributed by atoms with E-state index in [-0.39, 0.29) is 5.38 Å². The van der Waals surface area contributed by atoms with Crippen LogP contribution in [0.5, 0.6) is 0 Å². The Bertz CT molecular complexity index is 752. The molecule has 21 heavy (non-hydrogen) atoms. The van der Waals surface area contributed by atoms with Gasteiger partial charge in [0.25, 0.3) is 0 Å². The van der Waals surface area contributed by atoms with Crippen LogP contribution < -0.4 is 0 Å². The lowest BCUT2D eigenvalue weighted by molar-refractivity contribution is 0.880. The van der Waals surface area contributed by atoms with Crippen LogP contribution in [0.2, 0.25) is 0 Å². The summed E-state index contributed by atoms with van der Waals surface area (Å²) in [5.41, 5.74) is 4.28. The van der Waals surface area contributed by atoms with E-state index >= 15 is 0 Å². The SMILES string of the molecule is Cc1ccc(Br)cc1C(Cl)c1cnn(-c2ccccc2)c1. The lowest BCUT2D eigenvalue weighted by Gasteiger charge is -2.11. The van der Waals surface area contributed by atoms with Crippen LogP contribution in [0.1, 0.15) is 22.1 Å². The van der Waals surface area contributed by atoms with Crippen molar-refractivity contribution in [3.8, 4) is 5.69 Å². The largest absolute Gasteiger partial charge is 0.241 e. The van der Waals surface area contributed by atoms with Gasteiger partial charge in [-0.3, -0.25) is 0 Å². The molecule has 0 radical (unpaired) electrons. The van der Waals surface area contributed by atoms with Gasteiger partial charge in [-0.15, -0.1) is 11.6 Å². The van der Waals surface area contributed by atoms with E-state index in [0.717, 1.165) is 21.3 Å². The van der Waals surface area contributed by atoms with Crippen molar-refractivity contribution >= 4 is 27.5 Å². The first-order valence-corrected chi connectivity index (χ1v) is 7.88.